The summed E-state index contributed by atoms with van der Waals surface area (Å²) in [5.74, 6) is 2.81. The molecule has 2 nitrogen and oxygen atoms in total. The van der Waals surface area contributed by atoms with Gasteiger partial charge in [-0.05, 0) is 45.3 Å². The molecular formula is C17H34N2. The van der Waals surface area contributed by atoms with Crippen LogP contribution in [-0.4, -0.2) is 36.1 Å². The average Bonchev–Trinajstić information content (AvgIpc) is 2.45. The van der Waals surface area contributed by atoms with Crippen LogP contribution in [0.4, 0.5) is 0 Å². The number of nitrogens with zero attached hydrogens (tertiary/aromatic N) is 1. The van der Waals surface area contributed by atoms with Crippen molar-refractivity contribution in [2.45, 2.75) is 78.3 Å². The number of likely N-dealkylation sites (N-methyl/N-ethyl adjacent to an activating group) is 1. The molecule has 0 aromatic rings. The van der Waals surface area contributed by atoms with Crippen LogP contribution in [-0.2, 0) is 0 Å². The normalized spacial score (nSPS) is 13.5. The van der Waals surface area contributed by atoms with E-state index in [2.05, 4.69) is 50.8 Å². The van der Waals surface area contributed by atoms with Crippen molar-refractivity contribution in [3.05, 3.63) is 0 Å². The molecule has 0 saturated heterocycles. The minimum Gasteiger partial charge on any atom is -0.312 e. The van der Waals surface area contributed by atoms with Gasteiger partial charge in [-0.3, -0.25) is 4.90 Å². The molecule has 2 heteroatoms. The van der Waals surface area contributed by atoms with E-state index < -0.39 is 0 Å². The maximum absolute atomic E-state index is 5.48. The van der Waals surface area contributed by atoms with Crippen molar-refractivity contribution in [2.24, 2.45) is 0 Å². The third-order valence-corrected chi connectivity index (χ3v) is 4.48. The zero-order valence-corrected chi connectivity index (χ0v) is 13.8. The highest BCUT2D eigenvalue weighted by Gasteiger charge is 2.38. The summed E-state index contributed by atoms with van der Waals surface area (Å²) in [6.45, 7) is 14.7. The van der Waals surface area contributed by atoms with E-state index in [0.717, 1.165) is 32.5 Å². The number of nitrogens with one attached hydrogen (secondary N) is 1. The first-order chi connectivity index (χ1) is 9.16. The Kier molecular flexibility index (Phi) is 10.0. The molecule has 0 fully saturated rings. The maximum Gasteiger partial charge on any atom is 0.0357 e. The summed E-state index contributed by atoms with van der Waals surface area (Å²) in [7, 11) is 0. The first-order valence-electron chi connectivity index (χ1n) is 8.08. The van der Waals surface area contributed by atoms with Gasteiger partial charge in [-0.15, -0.1) is 12.3 Å². The van der Waals surface area contributed by atoms with Crippen LogP contribution in [0.5, 0.6) is 0 Å². The van der Waals surface area contributed by atoms with Gasteiger partial charge >= 0.3 is 0 Å². The van der Waals surface area contributed by atoms with E-state index in [4.69, 9.17) is 6.42 Å². The van der Waals surface area contributed by atoms with Crippen LogP contribution >= 0.6 is 0 Å². The Labute approximate surface area is 121 Å². The standard InChI is InChI=1S/C17H34N2/c1-7-13-14-16(18-15-8-2)17(9-3,10-4)19(11-5)12-6/h1,16,18H,8-15H2,2-6H3. The van der Waals surface area contributed by atoms with Crippen molar-refractivity contribution in [1.82, 2.24) is 10.2 Å². The fraction of sp³-hybridized carbons (Fsp3) is 0.882. The number of terminal acetylenes is 1. The van der Waals surface area contributed by atoms with Crippen LogP contribution in [0.1, 0.15) is 66.7 Å². The molecule has 1 unspecified atom stereocenters. The predicted octanol–water partition coefficient (Wildman–Crippen LogP) is 3.67. The van der Waals surface area contributed by atoms with Gasteiger partial charge in [0.25, 0.3) is 0 Å². The van der Waals surface area contributed by atoms with E-state index >= 15 is 0 Å². The lowest BCUT2D eigenvalue weighted by molar-refractivity contribution is 0.0466. The van der Waals surface area contributed by atoms with Crippen LogP contribution in [0.2, 0.25) is 0 Å². The van der Waals surface area contributed by atoms with Crippen LogP contribution in [0.25, 0.3) is 0 Å². The van der Waals surface area contributed by atoms with Gasteiger partial charge in [0.1, 0.15) is 0 Å². The highest BCUT2D eigenvalue weighted by Crippen LogP contribution is 2.30. The molecule has 1 atom stereocenters. The zero-order valence-electron chi connectivity index (χ0n) is 13.8. The Morgan fingerprint density at radius 2 is 1.68 bits per heavy atom. The van der Waals surface area contributed by atoms with Gasteiger partial charge in [-0.2, -0.15) is 0 Å². The molecular weight excluding hydrogens is 232 g/mol. The molecule has 0 spiro atoms. The van der Waals surface area contributed by atoms with Crippen molar-refractivity contribution in [3.8, 4) is 12.3 Å². The number of rotatable bonds is 11. The second-order valence-corrected chi connectivity index (χ2v) is 5.23. The molecule has 0 saturated carbocycles. The zero-order chi connectivity index (χ0) is 14.7. The molecule has 0 rings (SSSR count). The summed E-state index contributed by atoms with van der Waals surface area (Å²) in [4.78, 5) is 2.62. The summed E-state index contributed by atoms with van der Waals surface area (Å²) in [6.07, 6.45) is 11.0. The minimum atomic E-state index is 0.246. The molecule has 112 valence electrons. The minimum absolute atomic E-state index is 0.246. The fourth-order valence-electron chi connectivity index (χ4n) is 3.37. The first kappa shape index (κ1) is 18.5. The lowest BCUT2D eigenvalue weighted by atomic mass is 9.80. The summed E-state index contributed by atoms with van der Waals surface area (Å²) >= 11 is 0. The van der Waals surface area contributed by atoms with Gasteiger partial charge in [0.15, 0.2) is 0 Å². The summed E-state index contributed by atoms with van der Waals surface area (Å²) in [5.41, 5.74) is 0.246. The summed E-state index contributed by atoms with van der Waals surface area (Å²) in [5, 5.41) is 3.76. The molecule has 19 heavy (non-hydrogen) atoms. The number of hydrogen-bond donors (Lipinski definition) is 1. The van der Waals surface area contributed by atoms with E-state index in [-0.39, 0.29) is 5.54 Å². The topological polar surface area (TPSA) is 15.3 Å². The lowest BCUT2D eigenvalue weighted by Gasteiger charge is -2.48. The molecule has 0 aliphatic carbocycles. The molecule has 0 amide bonds. The van der Waals surface area contributed by atoms with Crippen molar-refractivity contribution < 1.29 is 0 Å². The van der Waals surface area contributed by atoms with Crippen LogP contribution in [0, 0.1) is 12.3 Å². The van der Waals surface area contributed by atoms with Crippen molar-refractivity contribution >= 4 is 0 Å². The molecule has 0 radical (unpaired) electrons. The first-order valence-corrected chi connectivity index (χ1v) is 8.08. The Morgan fingerprint density at radius 1 is 1.11 bits per heavy atom. The highest BCUT2D eigenvalue weighted by molar-refractivity contribution is 5.00. The number of hydrogen-bond acceptors (Lipinski definition) is 2. The monoisotopic (exact) mass is 266 g/mol. The van der Waals surface area contributed by atoms with Gasteiger partial charge in [0.05, 0.1) is 0 Å². The van der Waals surface area contributed by atoms with Gasteiger partial charge < -0.3 is 5.32 Å². The molecule has 0 aromatic carbocycles. The Balaban J connectivity index is 5.15. The third-order valence-electron chi connectivity index (χ3n) is 4.48. The molecule has 0 bridgehead atoms. The maximum atomic E-state index is 5.48. The van der Waals surface area contributed by atoms with Crippen molar-refractivity contribution in [3.63, 3.8) is 0 Å². The lowest BCUT2D eigenvalue weighted by Crippen LogP contribution is -2.60. The quantitative estimate of drug-likeness (QED) is 0.574. The average molecular weight is 266 g/mol. The van der Waals surface area contributed by atoms with E-state index in [9.17, 15) is 0 Å². The molecule has 1 N–H and O–H groups in total. The van der Waals surface area contributed by atoms with Gasteiger partial charge in [0, 0.05) is 18.0 Å². The van der Waals surface area contributed by atoms with E-state index in [1.165, 1.54) is 19.3 Å². The van der Waals surface area contributed by atoms with Gasteiger partial charge in [0.2, 0.25) is 0 Å². The van der Waals surface area contributed by atoms with Crippen molar-refractivity contribution in [2.75, 3.05) is 19.6 Å². The molecule has 0 aliphatic heterocycles. The van der Waals surface area contributed by atoms with Crippen LogP contribution in [0.3, 0.4) is 0 Å². The predicted molar refractivity (Wildman–Crippen MR) is 86.4 cm³/mol. The van der Waals surface area contributed by atoms with Crippen LogP contribution < -0.4 is 5.32 Å². The van der Waals surface area contributed by atoms with Gasteiger partial charge in [-0.1, -0.05) is 34.6 Å². The SMILES string of the molecule is C#CCCC(NCCC)C(CC)(CC)N(CC)CC. The summed E-state index contributed by atoms with van der Waals surface area (Å²) < 4.78 is 0. The van der Waals surface area contributed by atoms with E-state index in [1.54, 1.807) is 0 Å². The fourth-order valence-corrected chi connectivity index (χ4v) is 3.37. The summed E-state index contributed by atoms with van der Waals surface area (Å²) in [6, 6.07) is 0.499. The smallest absolute Gasteiger partial charge is 0.0357 e. The second kappa shape index (κ2) is 10.3. The van der Waals surface area contributed by atoms with Crippen molar-refractivity contribution in [1.29, 1.82) is 0 Å². The highest BCUT2D eigenvalue weighted by atomic mass is 15.2. The van der Waals surface area contributed by atoms with Gasteiger partial charge in [-0.25, -0.2) is 0 Å². The Morgan fingerprint density at radius 3 is 2.05 bits per heavy atom. The Hall–Kier alpha value is -0.520. The van der Waals surface area contributed by atoms with E-state index in [0.29, 0.717) is 6.04 Å². The molecule has 0 aliphatic rings. The van der Waals surface area contributed by atoms with E-state index in [1.807, 2.05) is 0 Å². The third kappa shape index (κ3) is 4.82. The second-order valence-electron chi connectivity index (χ2n) is 5.23. The largest absolute Gasteiger partial charge is 0.312 e. The molecule has 0 aromatic heterocycles. The van der Waals surface area contributed by atoms with Crippen LogP contribution in [0.15, 0.2) is 0 Å². The molecule has 0 heterocycles. The Bertz CT molecular complexity index is 246.